The molecule has 1 saturated carbocycles. The van der Waals surface area contributed by atoms with Gasteiger partial charge < -0.3 is 15.2 Å². The zero-order valence-corrected chi connectivity index (χ0v) is 14.1. The Morgan fingerprint density at radius 3 is 2.74 bits per heavy atom. The van der Waals surface area contributed by atoms with E-state index in [1.54, 1.807) is 0 Å². The van der Waals surface area contributed by atoms with E-state index < -0.39 is 5.97 Å². The number of hydrogen-bond acceptors (Lipinski definition) is 4. The normalized spacial score (nSPS) is 29.2. The highest BCUT2D eigenvalue weighted by Crippen LogP contribution is 2.25. The van der Waals surface area contributed by atoms with Crippen molar-refractivity contribution < 1.29 is 19.4 Å². The lowest BCUT2D eigenvalue weighted by atomic mass is 9.88. The molecule has 1 aliphatic heterocycles. The first-order chi connectivity index (χ1) is 11.1. The molecule has 2 fully saturated rings. The quantitative estimate of drug-likeness (QED) is 0.693. The number of carbonyl (C=O) groups is 2. The van der Waals surface area contributed by atoms with Gasteiger partial charge in [-0.3, -0.25) is 14.5 Å². The molecule has 1 saturated heterocycles. The summed E-state index contributed by atoms with van der Waals surface area (Å²) in [6.45, 7) is 4.87. The van der Waals surface area contributed by atoms with Crippen molar-refractivity contribution >= 4 is 11.9 Å². The van der Waals surface area contributed by atoms with Gasteiger partial charge in [0.15, 0.2) is 0 Å². The molecule has 1 amide bonds. The van der Waals surface area contributed by atoms with Crippen LogP contribution in [-0.2, 0) is 14.3 Å². The molecule has 6 heteroatoms. The van der Waals surface area contributed by atoms with Crippen LogP contribution in [0.1, 0.15) is 45.4 Å². The molecule has 0 bridgehead atoms. The van der Waals surface area contributed by atoms with Crippen LogP contribution in [0.3, 0.4) is 0 Å². The summed E-state index contributed by atoms with van der Waals surface area (Å²) in [5, 5.41) is 11.9. The lowest BCUT2D eigenvalue weighted by Crippen LogP contribution is -2.44. The molecule has 3 unspecified atom stereocenters. The number of aliphatic carboxylic acids is 1. The van der Waals surface area contributed by atoms with Crippen LogP contribution >= 0.6 is 0 Å². The highest BCUT2D eigenvalue weighted by atomic mass is 16.5. The molecule has 1 aliphatic carbocycles. The Morgan fingerprint density at radius 1 is 1.22 bits per heavy atom. The monoisotopic (exact) mass is 326 g/mol. The molecule has 6 nitrogen and oxygen atoms in total. The average molecular weight is 326 g/mol. The van der Waals surface area contributed by atoms with Crippen molar-refractivity contribution in [3.63, 3.8) is 0 Å². The van der Waals surface area contributed by atoms with Crippen LogP contribution in [0.15, 0.2) is 0 Å². The number of carboxylic acid groups (broad SMARTS) is 1. The van der Waals surface area contributed by atoms with Gasteiger partial charge in [0.1, 0.15) is 0 Å². The smallest absolute Gasteiger partial charge is 0.307 e. The van der Waals surface area contributed by atoms with Crippen LogP contribution in [0.4, 0.5) is 0 Å². The van der Waals surface area contributed by atoms with Crippen molar-refractivity contribution in [2.45, 2.75) is 51.6 Å². The first kappa shape index (κ1) is 18.2. The second kappa shape index (κ2) is 9.23. The van der Waals surface area contributed by atoms with Crippen molar-refractivity contribution in [3.05, 3.63) is 0 Å². The van der Waals surface area contributed by atoms with Gasteiger partial charge >= 0.3 is 5.97 Å². The van der Waals surface area contributed by atoms with Crippen LogP contribution < -0.4 is 5.32 Å². The van der Waals surface area contributed by atoms with Gasteiger partial charge in [-0.1, -0.05) is 19.8 Å². The number of piperidine rings is 1. The van der Waals surface area contributed by atoms with Gasteiger partial charge in [0, 0.05) is 13.1 Å². The van der Waals surface area contributed by atoms with Crippen molar-refractivity contribution in [2.75, 3.05) is 32.8 Å². The number of ether oxygens (including phenoxy) is 1. The fourth-order valence-corrected chi connectivity index (χ4v) is 3.59. The van der Waals surface area contributed by atoms with Gasteiger partial charge in [-0.05, 0) is 38.1 Å². The summed E-state index contributed by atoms with van der Waals surface area (Å²) in [6, 6.07) is 0. The Kier molecular flexibility index (Phi) is 7.30. The van der Waals surface area contributed by atoms with Crippen molar-refractivity contribution in [1.29, 1.82) is 0 Å². The zero-order chi connectivity index (χ0) is 16.7. The van der Waals surface area contributed by atoms with Gasteiger partial charge in [0.2, 0.25) is 5.91 Å². The summed E-state index contributed by atoms with van der Waals surface area (Å²) < 4.78 is 5.88. The molecular formula is C17H30N2O4. The molecule has 2 N–H and O–H groups in total. The number of amides is 1. The molecule has 0 spiro atoms. The minimum absolute atomic E-state index is 0.0451. The van der Waals surface area contributed by atoms with Crippen LogP contribution in [0.2, 0.25) is 0 Å². The van der Waals surface area contributed by atoms with E-state index >= 15 is 0 Å². The molecule has 2 rings (SSSR count). The first-order valence-corrected chi connectivity index (χ1v) is 8.89. The number of nitrogens with zero attached hydrogens (tertiary/aromatic N) is 1. The lowest BCUT2D eigenvalue weighted by molar-refractivity contribution is -0.144. The fourth-order valence-electron chi connectivity index (χ4n) is 3.59. The Labute approximate surface area is 138 Å². The van der Waals surface area contributed by atoms with Crippen LogP contribution in [0, 0.1) is 11.8 Å². The van der Waals surface area contributed by atoms with E-state index in [1.807, 2.05) is 4.90 Å². The van der Waals surface area contributed by atoms with Gasteiger partial charge in [0.05, 0.1) is 25.2 Å². The number of likely N-dealkylation sites (tertiary alicyclic amines) is 1. The highest BCUT2D eigenvalue weighted by molar-refractivity contribution is 5.78. The molecule has 3 atom stereocenters. The zero-order valence-electron chi connectivity index (χ0n) is 14.1. The summed E-state index contributed by atoms with van der Waals surface area (Å²) in [6.07, 6.45) is 6.77. The molecule has 2 aliphatic rings. The molecule has 0 radical (unpaired) electrons. The number of carboxylic acids is 1. The van der Waals surface area contributed by atoms with Crippen LogP contribution in [0.5, 0.6) is 0 Å². The number of hydrogen-bond donors (Lipinski definition) is 2. The maximum atomic E-state index is 11.9. The van der Waals surface area contributed by atoms with E-state index in [1.165, 1.54) is 19.3 Å². The summed E-state index contributed by atoms with van der Waals surface area (Å²) in [4.78, 5) is 24.9. The van der Waals surface area contributed by atoms with Gasteiger partial charge in [-0.2, -0.15) is 0 Å². The maximum Gasteiger partial charge on any atom is 0.307 e. The number of rotatable bonds is 7. The summed E-state index contributed by atoms with van der Waals surface area (Å²) in [5.74, 6) is -0.533. The Morgan fingerprint density at radius 2 is 2.00 bits per heavy atom. The molecule has 0 aromatic heterocycles. The second-order valence-electron chi connectivity index (χ2n) is 6.93. The van der Waals surface area contributed by atoms with Crippen molar-refractivity contribution in [1.82, 2.24) is 10.2 Å². The number of nitrogens with one attached hydrogen (secondary N) is 1. The average Bonchev–Trinajstić information content (AvgIpc) is 2.53. The van der Waals surface area contributed by atoms with Crippen LogP contribution in [-0.4, -0.2) is 60.8 Å². The van der Waals surface area contributed by atoms with E-state index in [4.69, 9.17) is 9.84 Å². The molecule has 1 heterocycles. The van der Waals surface area contributed by atoms with Gasteiger partial charge in [-0.15, -0.1) is 0 Å². The first-order valence-electron chi connectivity index (χ1n) is 8.89. The Hall–Kier alpha value is -1.14. The third-order valence-corrected chi connectivity index (χ3v) is 5.01. The Bertz CT molecular complexity index is 402. The molecule has 23 heavy (non-hydrogen) atoms. The minimum atomic E-state index is -0.759. The van der Waals surface area contributed by atoms with E-state index in [2.05, 4.69) is 12.2 Å². The SMILES string of the molecule is CC1CCCCC1OCCNC(=O)CN1CCCC(C(=O)O)C1. The third-order valence-electron chi connectivity index (χ3n) is 5.01. The molecule has 0 aromatic carbocycles. The van der Waals surface area contributed by atoms with Gasteiger partial charge in [-0.25, -0.2) is 0 Å². The molecule has 0 aromatic rings. The van der Waals surface area contributed by atoms with Gasteiger partial charge in [0.25, 0.3) is 0 Å². The molecular weight excluding hydrogens is 296 g/mol. The predicted molar refractivity (Wildman–Crippen MR) is 87.2 cm³/mol. The summed E-state index contributed by atoms with van der Waals surface area (Å²) in [5.41, 5.74) is 0. The highest BCUT2D eigenvalue weighted by Gasteiger charge is 2.26. The topological polar surface area (TPSA) is 78.9 Å². The van der Waals surface area contributed by atoms with E-state index in [0.29, 0.717) is 38.1 Å². The van der Waals surface area contributed by atoms with Crippen LogP contribution in [0.25, 0.3) is 0 Å². The molecule has 132 valence electrons. The van der Waals surface area contributed by atoms with Crippen molar-refractivity contribution in [3.8, 4) is 0 Å². The fraction of sp³-hybridized carbons (Fsp3) is 0.882. The Balaban J connectivity index is 1.58. The number of carbonyl (C=O) groups excluding carboxylic acids is 1. The second-order valence-corrected chi connectivity index (χ2v) is 6.93. The summed E-state index contributed by atoms with van der Waals surface area (Å²) in [7, 11) is 0. The van der Waals surface area contributed by atoms with E-state index in [-0.39, 0.29) is 18.4 Å². The largest absolute Gasteiger partial charge is 0.481 e. The standard InChI is InChI=1S/C17H30N2O4/c1-13-5-2-3-7-15(13)23-10-8-18-16(20)12-19-9-4-6-14(11-19)17(21)22/h13-15H,2-12H2,1H3,(H,18,20)(H,21,22). The predicted octanol–water partition coefficient (Wildman–Crippen LogP) is 1.49. The minimum Gasteiger partial charge on any atom is -0.481 e. The van der Waals surface area contributed by atoms with E-state index in [0.717, 1.165) is 19.4 Å². The van der Waals surface area contributed by atoms with E-state index in [9.17, 15) is 9.59 Å². The summed E-state index contributed by atoms with van der Waals surface area (Å²) >= 11 is 0. The lowest BCUT2D eigenvalue weighted by Gasteiger charge is -2.30. The third kappa shape index (κ3) is 6.11. The maximum absolute atomic E-state index is 11.9. The van der Waals surface area contributed by atoms with Crippen molar-refractivity contribution in [2.24, 2.45) is 11.8 Å².